The van der Waals surface area contributed by atoms with Gasteiger partial charge in [-0.1, -0.05) is 101 Å². The van der Waals surface area contributed by atoms with Crippen LogP contribution < -0.4 is 0 Å². The van der Waals surface area contributed by atoms with Crippen molar-refractivity contribution < 1.29 is 22.1 Å². The number of ether oxygens (including phenoxy) is 1. The number of esters is 1. The number of benzene rings is 1. The van der Waals surface area contributed by atoms with Crippen LogP contribution in [-0.2, 0) is 23.8 Å². The van der Waals surface area contributed by atoms with Gasteiger partial charge < -0.3 is 4.74 Å². The van der Waals surface area contributed by atoms with Gasteiger partial charge in [0, 0.05) is 6.42 Å². The van der Waals surface area contributed by atoms with Gasteiger partial charge in [-0.3, -0.25) is 8.98 Å². The zero-order chi connectivity index (χ0) is 26.0. The lowest BCUT2D eigenvalue weighted by molar-refractivity contribution is -0.154. The van der Waals surface area contributed by atoms with Crippen molar-refractivity contribution in [2.45, 2.75) is 141 Å². The van der Waals surface area contributed by atoms with Crippen molar-refractivity contribution >= 4 is 16.1 Å². The number of hydrogen-bond donors (Lipinski definition) is 0. The number of rotatable bonds is 20. The summed E-state index contributed by atoms with van der Waals surface area (Å²) in [6.07, 6.45) is 18.4. The number of carbonyl (C=O) groups excluding carboxylic acids is 1. The Morgan fingerprint density at radius 2 is 1.09 bits per heavy atom. The molecule has 0 amide bonds. The van der Waals surface area contributed by atoms with Crippen molar-refractivity contribution in [3.8, 4) is 0 Å². The van der Waals surface area contributed by atoms with Crippen molar-refractivity contribution in [3.63, 3.8) is 0 Å². The van der Waals surface area contributed by atoms with E-state index in [4.69, 9.17) is 8.92 Å². The second-order valence-corrected chi connectivity index (χ2v) is 12.3. The minimum Gasteiger partial charge on any atom is -0.460 e. The van der Waals surface area contributed by atoms with Crippen molar-refractivity contribution in [2.24, 2.45) is 0 Å². The first-order valence-corrected chi connectivity index (χ1v) is 15.2. The second kappa shape index (κ2) is 17.9. The molecular formula is C29H50O5S. The van der Waals surface area contributed by atoms with Crippen LogP contribution >= 0.6 is 0 Å². The molecular weight excluding hydrogens is 460 g/mol. The molecule has 0 atom stereocenters. The molecule has 0 unspecified atom stereocenters. The first-order chi connectivity index (χ1) is 16.6. The van der Waals surface area contributed by atoms with Gasteiger partial charge in [0.05, 0.1) is 11.5 Å². The van der Waals surface area contributed by atoms with Gasteiger partial charge in [0.25, 0.3) is 10.1 Å². The Balaban J connectivity index is 1.82. The summed E-state index contributed by atoms with van der Waals surface area (Å²) < 4.78 is 34.7. The number of unbranched alkanes of at least 4 members (excludes halogenated alkanes) is 14. The van der Waals surface area contributed by atoms with Gasteiger partial charge in [0.15, 0.2) is 0 Å². The summed E-state index contributed by atoms with van der Waals surface area (Å²) in [5.74, 6) is -0.0733. The van der Waals surface area contributed by atoms with Crippen molar-refractivity contribution in [2.75, 3.05) is 6.61 Å². The van der Waals surface area contributed by atoms with E-state index in [1.807, 2.05) is 27.7 Å². The molecule has 0 aliphatic heterocycles. The smallest absolute Gasteiger partial charge is 0.306 e. The first kappa shape index (κ1) is 31.6. The maximum Gasteiger partial charge on any atom is 0.306 e. The molecule has 0 aromatic heterocycles. The van der Waals surface area contributed by atoms with Gasteiger partial charge in [-0.2, -0.15) is 8.42 Å². The molecule has 202 valence electrons. The molecule has 0 aliphatic rings. The highest BCUT2D eigenvalue weighted by atomic mass is 32.2. The van der Waals surface area contributed by atoms with E-state index in [0.29, 0.717) is 6.42 Å². The lowest BCUT2D eigenvalue weighted by Gasteiger charge is -2.19. The van der Waals surface area contributed by atoms with Crippen molar-refractivity contribution in [3.05, 3.63) is 29.8 Å². The van der Waals surface area contributed by atoms with E-state index >= 15 is 0 Å². The lowest BCUT2D eigenvalue weighted by atomic mass is 10.0. The van der Waals surface area contributed by atoms with Crippen molar-refractivity contribution in [1.29, 1.82) is 0 Å². The lowest BCUT2D eigenvalue weighted by Crippen LogP contribution is -2.23. The molecule has 0 bridgehead atoms. The van der Waals surface area contributed by atoms with Crippen LogP contribution in [0.25, 0.3) is 0 Å². The normalized spacial score (nSPS) is 12.1. The van der Waals surface area contributed by atoms with E-state index in [-0.39, 0.29) is 23.1 Å². The van der Waals surface area contributed by atoms with E-state index in [2.05, 4.69) is 0 Å². The summed E-state index contributed by atoms with van der Waals surface area (Å²) in [5, 5.41) is 0. The van der Waals surface area contributed by atoms with Gasteiger partial charge in [-0.25, -0.2) is 0 Å². The quantitative estimate of drug-likeness (QED) is 0.100. The maximum atomic E-state index is 12.1. The SMILES string of the molecule is Cc1ccc(S(=O)(=O)OCCCCCCCCCCCCCCCCCC(=O)OC(C)(C)C)cc1. The zero-order valence-corrected chi connectivity index (χ0v) is 23.6. The van der Waals surface area contributed by atoms with Crippen LogP contribution in [0.15, 0.2) is 29.2 Å². The Kier molecular flexibility index (Phi) is 16.2. The molecule has 0 fully saturated rings. The van der Waals surface area contributed by atoms with Gasteiger partial charge >= 0.3 is 5.97 Å². The second-order valence-electron chi connectivity index (χ2n) is 10.7. The van der Waals surface area contributed by atoms with Crippen LogP contribution in [0.3, 0.4) is 0 Å². The fraction of sp³-hybridized carbons (Fsp3) is 0.759. The Bertz CT molecular complexity index is 778. The Hall–Kier alpha value is -1.40. The van der Waals surface area contributed by atoms with Crippen LogP contribution in [0.5, 0.6) is 0 Å². The van der Waals surface area contributed by atoms with Gasteiger partial charge in [-0.05, 0) is 52.7 Å². The Labute approximate surface area is 215 Å². The summed E-state index contributed by atoms with van der Waals surface area (Å²) in [5.41, 5.74) is 0.659. The Morgan fingerprint density at radius 3 is 1.51 bits per heavy atom. The monoisotopic (exact) mass is 510 g/mol. The number of hydrogen-bond acceptors (Lipinski definition) is 5. The summed E-state index contributed by atoms with van der Waals surface area (Å²) in [7, 11) is -3.62. The minimum absolute atomic E-state index is 0.0733. The maximum absolute atomic E-state index is 12.1. The summed E-state index contributed by atoms with van der Waals surface area (Å²) in [6.45, 7) is 7.93. The van der Waals surface area contributed by atoms with Crippen LogP contribution in [0.2, 0.25) is 0 Å². The molecule has 1 rings (SSSR count). The molecule has 35 heavy (non-hydrogen) atoms. The standard InChI is InChI=1S/C29H50O5S/c1-26-21-23-27(24-22-26)35(31,32)33-25-19-17-15-13-11-9-7-5-6-8-10-12-14-16-18-20-28(30)34-29(2,3)4/h21-24H,5-20,25H2,1-4H3. The van der Waals surface area contributed by atoms with E-state index < -0.39 is 10.1 Å². The average molecular weight is 511 g/mol. The fourth-order valence-corrected chi connectivity index (χ4v) is 4.95. The molecule has 5 nitrogen and oxygen atoms in total. The van der Waals surface area contributed by atoms with Gasteiger partial charge in [0.1, 0.15) is 5.60 Å². The molecule has 0 heterocycles. The van der Waals surface area contributed by atoms with Crippen molar-refractivity contribution in [1.82, 2.24) is 0 Å². The molecule has 1 aromatic carbocycles. The van der Waals surface area contributed by atoms with E-state index in [1.165, 1.54) is 64.2 Å². The fourth-order valence-electron chi connectivity index (χ4n) is 4.00. The van der Waals surface area contributed by atoms with Crippen LogP contribution in [-0.4, -0.2) is 26.6 Å². The van der Waals surface area contributed by atoms with Gasteiger partial charge in [-0.15, -0.1) is 0 Å². The first-order valence-electron chi connectivity index (χ1n) is 13.8. The number of aryl methyl sites for hydroxylation is 1. The van der Waals surface area contributed by atoms with E-state index in [1.54, 1.807) is 24.3 Å². The zero-order valence-electron chi connectivity index (χ0n) is 22.8. The Morgan fingerprint density at radius 1 is 0.686 bits per heavy atom. The van der Waals surface area contributed by atoms with Crippen LogP contribution in [0, 0.1) is 6.92 Å². The topological polar surface area (TPSA) is 69.7 Å². The molecule has 0 aliphatic carbocycles. The molecule has 1 aromatic rings. The summed E-state index contributed by atoms with van der Waals surface area (Å²) in [6, 6.07) is 6.77. The molecule has 0 spiro atoms. The van der Waals surface area contributed by atoms with E-state index in [9.17, 15) is 13.2 Å². The predicted octanol–water partition coefficient (Wildman–Crippen LogP) is 8.28. The third kappa shape index (κ3) is 17.6. The highest BCUT2D eigenvalue weighted by molar-refractivity contribution is 7.86. The van der Waals surface area contributed by atoms with E-state index in [0.717, 1.165) is 37.7 Å². The average Bonchev–Trinajstić information content (AvgIpc) is 2.77. The molecule has 6 heteroatoms. The molecule has 0 saturated heterocycles. The third-order valence-electron chi connectivity index (χ3n) is 5.99. The minimum atomic E-state index is -3.62. The molecule has 0 N–H and O–H groups in total. The number of carbonyl (C=O) groups is 1. The highest BCUT2D eigenvalue weighted by Crippen LogP contribution is 2.16. The highest BCUT2D eigenvalue weighted by Gasteiger charge is 2.15. The van der Waals surface area contributed by atoms with Crippen LogP contribution in [0.4, 0.5) is 0 Å². The molecule has 0 radical (unpaired) electrons. The third-order valence-corrected chi connectivity index (χ3v) is 7.32. The summed E-state index contributed by atoms with van der Waals surface area (Å²) >= 11 is 0. The van der Waals surface area contributed by atoms with Crippen LogP contribution in [0.1, 0.15) is 129 Å². The summed E-state index contributed by atoms with van der Waals surface area (Å²) in [4.78, 5) is 11.9. The predicted molar refractivity (Wildman–Crippen MR) is 144 cm³/mol. The van der Waals surface area contributed by atoms with Gasteiger partial charge in [0.2, 0.25) is 0 Å². The largest absolute Gasteiger partial charge is 0.460 e. The molecule has 0 saturated carbocycles.